The van der Waals surface area contributed by atoms with Crippen molar-refractivity contribution in [3.8, 4) is 0 Å². The Labute approximate surface area is 240 Å². The highest BCUT2D eigenvalue weighted by molar-refractivity contribution is 5.92. The number of nitrogens with zero attached hydrogens (tertiary/aromatic N) is 2. The third-order valence-corrected chi connectivity index (χ3v) is 7.15. The molecule has 41 heavy (non-hydrogen) atoms. The van der Waals surface area contributed by atoms with Gasteiger partial charge in [-0.05, 0) is 52.4 Å². The lowest BCUT2D eigenvalue weighted by Gasteiger charge is -2.29. The lowest BCUT2D eigenvalue weighted by Crippen LogP contribution is -2.56. The number of carbonyl (C=O) groups excluding carboxylic acids is 5. The van der Waals surface area contributed by atoms with Crippen molar-refractivity contribution in [1.82, 2.24) is 31.5 Å². The molecule has 2 bridgehead atoms. The Morgan fingerprint density at radius 3 is 2.34 bits per heavy atom. The first-order valence-electron chi connectivity index (χ1n) is 14.7. The molecule has 1 aliphatic carbocycles. The Morgan fingerprint density at radius 2 is 1.66 bits per heavy atom. The van der Waals surface area contributed by atoms with Crippen LogP contribution >= 0.6 is 0 Å². The number of rotatable bonds is 4. The number of nitrogens with one attached hydrogen (secondary N) is 4. The van der Waals surface area contributed by atoms with Crippen molar-refractivity contribution in [3.05, 3.63) is 11.8 Å². The number of alkyl carbamates (subject to hydrolysis) is 1. The smallest absolute Gasteiger partial charge is 0.408 e. The fourth-order valence-corrected chi connectivity index (χ4v) is 5.04. The second-order valence-electron chi connectivity index (χ2n) is 11.9. The molecule has 0 aromatic carbocycles. The molecule has 13 heteroatoms. The van der Waals surface area contributed by atoms with Crippen LogP contribution in [0.5, 0.6) is 0 Å². The molecule has 0 radical (unpaired) electrons. The van der Waals surface area contributed by atoms with Crippen molar-refractivity contribution >= 4 is 30.1 Å². The number of amides is 4. The summed E-state index contributed by atoms with van der Waals surface area (Å²) in [5, 5.41) is 19.0. The largest absolute Gasteiger partial charge is 0.444 e. The lowest BCUT2D eigenvalue weighted by molar-refractivity contribution is -0.131. The SMILES string of the molecule is CC(C)(C)OC(=O)N[C@H]1CCc2nnc(o2)CCCNC(=O)CC[C@@H](C=O)NC(=O)[C@H](CC2CCCCC2)NC1=O. The van der Waals surface area contributed by atoms with E-state index in [1.54, 1.807) is 20.8 Å². The van der Waals surface area contributed by atoms with Crippen molar-refractivity contribution in [2.45, 2.75) is 122 Å². The van der Waals surface area contributed by atoms with Crippen LogP contribution in [-0.2, 0) is 36.8 Å². The molecule has 1 aromatic rings. The molecule has 0 unspecified atom stereocenters. The minimum atomic E-state index is -1.05. The van der Waals surface area contributed by atoms with Crippen LogP contribution in [0.25, 0.3) is 0 Å². The van der Waals surface area contributed by atoms with E-state index in [2.05, 4.69) is 31.5 Å². The molecule has 2 aliphatic rings. The number of aryl methyl sites for hydroxylation is 2. The van der Waals surface area contributed by atoms with E-state index in [1.165, 1.54) is 0 Å². The number of aromatic nitrogens is 2. The van der Waals surface area contributed by atoms with E-state index in [0.717, 1.165) is 32.1 Å². The predicted octanol–water partition coefficient (Wildman–Crippen LogP) is 1.88. The first-order valence-corrected chi connectivity index (χ1v) is 14.7. The summed E-state index contributed by atoms with van der Waals surface area (Å²) in [6.45, 7) is 5.54. The molecule has 0 spiro atoms. The van der Waals surface area contributed by atoms with Crippen molar-refractivity contribution < 1.29 is 33.1 Å². The van der Waals surface area contributed by atoms with Crippen LogP contribution in [0, 0.1) is 5.92 Å². The van der Waals surface area contributed by atoms with Gasteiger partial charge in [-0.2, -0.15) is 0 Å². The average molecular weight is 577 g/mol. The molecule has 228 valence electrons. The summed E-state index contributed by atoms with van der Waals surface area (Å²) in [5.74, 6) is -0.370. The van der Waals surface area contributed by atoms with E-state index >= 15 is 0 Å². The van der Waals surface area contributed by atoms with Gasteiger partial charge in [0.2, 0.25) is 29.5 Å². The number of fused-ring (bicyclic) bond motifs is 2. The molecule has 1 aliphatic heterocycles. The van der Waals surface area contributed by atoms with Gasteiger partial charge in [0, 0.05) is 25.8 Å². The zero-order valence-electron chi connectivity index (χ0n) is 24.3. The van der Waals surface area contributed by atoms with E-state index in [4.69, 9.17) is 9.15 Å². The van der Waals surface area contributed by atoms with Gasteiger partial charge in [0.15, 0.2) is 0 Å². The number of hydrogen-bond acceptors (Lipinski definition) is 9. The molecule has 4 amide bonds. The Bertz CT molecular complexity index is 1050. The first-order chi connectivity index (χ1) is 19.5. The minimum absolute atomic E-state index is 0.0515. The van der Waals surface area contributed by atoms with E-state index in [0.29, 0.717) is 43.9 Å². The van der Waals surface area contributed by atoms with E-state index in [9.17, 15) is 24.0 Å². The molecule has 1 fully saturated rings. The highest BCUT2D eigenvalue weighted by atomic mass is 16.6. The summed E-state index contributed by atoms with van der Waals surface area (Å²) in [7, 11) is 0. The van der Waals surface area contributed by atoms with Gasteiger partial charge in [0.25, 0.3) is 0 Å². The maximum atomic E-state index is 13.6. The Hall–Kier alpha value is -3.51. The van der Waals surface area contributed by atoms with Crippen molar-refractivity contribution in [3.63, 3.8) is 0 Å². The Morgan fingerprint density at radius 1 is 0.951 bits per heavy atom. The van der Waals surface area contributed by atoms with Gasteiger partial charge < -0.3 is 35.2 Å². The van der Waals surface area contributed by atoms with Crippen LogP contribution in [0.15, 0.2) is 4.42 Å². The average Bonchev–Trinajstić information content (AvgIpc) is 3.37. The Balaban J connectivity index is 1.83. The van der Waals surface area contributed by atoms with Crippen molar-refractivity contribution in [2.75, 3.05) is 6.54 Å². The van der Waals surface area contributed by atoms with E-state index in [-0.39, 0.29) is 37.5 Å². The normalized spacial score (nSPS) is 24.5. The molecule has 1 aromatic heterocycles. The van der Waals surface area contributed by atoms with Gasteiger partial charge in [-0.1, -0.05) is 32.1 Å². The number of hydrogen-bond donors (Lipinski definition) is 4. The van der Waals surface area contributed by atoms with Crippen LogP contribution in [0.3, 0.4) is 0 Å². The van der Waals surface area contributed by atoms with Gasteiger partial charge in [-0.15, -0.1) is 10.2 Å². The number of carbonyl (C=O) groups is 5. The van der Waals surface area contributed by atoms with Gasteiger partial charge in [-0.25, -0.2) is 4.79 Å². The van der Waals surface area contributed by atoms with Gasteiger partial charge in [0.1, 0.15) is 24.0 Å². The van der Waals surface area contributed by atoms with Crippen LogP contribution in [0.4, 0.5) is 4.79 Å². The molecule has 3 rings (SSSR count). The van der Waals surface area contributed by atoms with Gasteiger partial charge in [-0.3, -0.25) is 14.4 Å². The van der Waals surface area contributed by atoms with Crippen LogP contribution in [0.1, 0.15) is 96.8 Å². The molecule has 3 atom stereocenters. The molecule has 13 nitrogen and oxygen atoms in total. The predicted molar refractivity (Wildman–Crippen MR) is 147 cm³/mol. The highest BCUT2D eigenvalue weighted by Gasteiger charge is 2.31. The quantitative estimate of drug-likeness (QED) is 0.389. The third kappa shape index (κ3) is 11.5. The molecular formula is C28H44N6O7. The molecule has 0 saturated heterocycles. The molecule has 2 heterocycles. The monoisotopic (exact) mass is 576 g/mol. The number of aldehydes is 1. The molecular weight excluding hydrogens is 532 g/mol. The van der Waals surface area contributed by atoms with Crippen LogP contribution in [-0.4, -0.2) is 70.6 Å². The first kappa shape index (κ1) is 32.0. The fourth-order valence-electron chi connectivity index (χ4n) is 5.04. The number of ether oxygens (including phenoxy) is 1. The summed E-state index contributed by atoms with van der Waals surface area (Å²) < 4.78 is 11.1. The van der Waals surface area contributed by atoms with Crippen molar-refractivity contribution in [1.29, 1.82) is 0 Å². The summed E-state index contributed by atoms with van der Waals surface area (Å²) in [6, 6.07) is -2.86. The Kier molecular flexibility index (Phi) is 12.1. The molecule has 4 N–H and O–H groups in total. The topological polar surface area (TPSA) is 182 Å². The third-order valence-electron chi connectivity index (χ3n) is 7.15. The van der Waals surface area contributed by atoms with Crippen molar-refractivity contribution in [2.24, 2.45) is 5.92 Å². The van der Waals surface area contributed by atoms with E-state index in [1.807, 2.05) is 0 Å². The summed E-state index contributed by atoms with van der Waals surface area (Å²) >= 11 is 0. The second kappa shape index (κ2) is 15.5. The van der Waals surface area contributed by atoms with Gasteiger partial charge in [0.05, 0.1) is 6.04 Å². The molecule has 1 saturated carbocycles. The maximum Gasteiger partial charge on any atom is 0.408 e. The maximum absolute atomic E-state index is 13.6. The summed E-state index contributed by atoms with van der Waals surface area (Å²) in [6.07, 6.45) is 6.86. The standard InChI is InChI=1S/C28H44N6O7/c1-28(2,3)41-27(39)32-20-12-14-24-34-33-23(40-24)10-7-15-29-22(36)13-11-19(17-35)30-26(38)21(31-25(20)37)16-18-8-5-4-6-9-18/h17-21H,4-16H2,1-3H3,(H,29,36)(H,30,38)(H,31,37)(H,32,39)/t19-,20-,21-/m0/s1. The lowest BCUT2D eigenvalue weighted by atomic mass is 9.84. The minimum Gasteiger partial charge on any atom is -0.444 e. The van der Waals surface area contributed by atoms with Gasteiger partial charge >= 0.3 is 6.09 Å². The van der Waals surface area contributed by atoms with E-state index < -0.39 is 41.6 Å². The van der Waals surface area contributed by atoms with Crippen LogP contribution in [0.2, 0.25) is 0 Å². The summed E-state index contributed by atoms with van der Waals surface area (Å²) in [4.78, 5) is 63.6. The summed E-state index contributed by atoms with van der Waals surface area (Å²) in [5.41, 5.74) is -0.778. The zero-order chi connectivity index (χ0) is 29.8. The zero-order valence-corrected chi connectivity index (χ0v) is 24.3. The fraction of sp³-hybridized carbons (Fsp3) is 0.750. The highest BCUT2D eigenvalue weighted by Crippen LogP contribution is 2.27. The van der Waals surface area contributed by atoms with Crippen LogP contribution < -0.4 is 21.3 Å². The second-order valence-corrected chi connectivity index (χ2v) is 11.9.